The van der Waals surface area contributed by atoms with Crippen LogP contribution in [0.5, 0.6) is 17.2 Å². The van der Waals surface area contributed by atoms with Crippen LogP contribution in [0.15, 0.2) is 79.9 Å². The predicted molar refractivity (Wildman–Crippen MR) is 161 cm³/mol. The number of hydrogen-bond donors (Lipinski definition) is 6. The molecular formula is C27H25N5O11S2. The van der Waals surface area contributed by atoms with Crippen molar-refractivity contribution in [2.75, 3.05) is 24.2 Å². The van der Waals surface area contributed by atoms with E-state index in [2.05, 4.69) is 25.2 Å². The molecule has 4 aromatic rings. The maximum absolute atomic E-state index is 12.3. The first-order chi connectivity index (χ1) is 21.1. The van der Waals surface area contributed by atoms with E-state index in [0.717, 1.165) is 24.5 Å². The van der Waals surface area contributed by atoms with Crippen LogP contribution in [-0.2, 0) is 20.1 Å². The molecule has 0 spiro atoms. The van der Waals surface area contributed by atoms with Gasteiger partial charge in [0.15, 0.2) is 5.75 Å². The largest absolute Gasteiger partial charge is 0.507 e. The van der Waals surface area contributed by atoms with E-state index in [1.165, 1.54) is 36.4 Å². The van der Waals surface area contributed by atoms with Crippen LogP contribution in [0.1, 0.15) is 15.9 Å². The molecule has 0 aromatic heterocycles. The molecule has 0 radical (unpaired) electrons. The molecule has 0 unspecified atom stereocenters. The minimum Gasteiger partial charge on any atom is -0.507 e. The van der Waals surface area contributed by atoms with Crippen LogP contribution in [0.25, 0.3) is 10.8 Å². The standard InChI is InChI=1S/C27H25N5O11S2/c1-14-9-21(23(43-8-7-33)13-20(14)29-28-16-4-6-22(34)19(12-16)27(36)37)30-31-25-24(45(40,41)42)11-15-10-17(32-44(2,38)39)3-5-18(15)26(25)35/h3-6,9-13,32-35H,7-8H2,1-2H3,(H,36,37)(H,40,41,42). The van der Waals surface area contributed by atoms with Gasteiger partial charge in [-0.25, -0.2) is 13.2 Å². The molecule has 16 nitrogen and oxygen atoms in total. The minimum atomic E-state index is -4.98. The Morgan fingerprint density at radius 2 is 1.62 bits per heavy atom. The van der Waals surface area contributed by atoms with Crippen LogP contribution in [0.3, 0.4) is 0 Å². The summed E-state index contributed by atoms with van der Waals surface area (Å²) in [5.74, 6) is -2.48. The number of azo groups is 2. The quantitative estimate of drug-likeness (QED) is 0.0914. The van der Waals surface area contributed by atoms with E-state index in [-0.39, 0.29) is 58.0 Å². The molecule has 0 heterocycles. The molecule has 0 bridgehead atoms. The fourth-order valence-corrected chi connectivity index (χ4v) is 5.23. The van der Waals surface area contributed by atoms with Crippen LogP contribution in [0, 0.1) is 6.92 Å². The van der Waals surface area contributed by atoms with Crippen LogP contribution in [0.2, 0.25) is 0 Å². The van der Waals surface area contributed by atoms with Gasteiger partial charge >= 0.3 is 5.97 Å². The molecule has 45 heavy (non-hydrogen) atoms. The summed E-state index contributed by atoms with van der Waals surface area (Å²) in [5, 5.41) is 55.3. The number of carboxylic acid groups (broad SMARTS) is 1. The van der Waals surface area contributed by atoms with Crippen molar-refractivity contribution < 1.29 is 51.3 Å². The van der Waals surface area contributed by atoms with Crippen molar-refractivity contribution in [3.63, 3.8) is 0 Å². The maximum Gasteiger partial charge on any atom is 0.339 e. The Bertz CT molecular complexity index is 2100. The molecule has 0 saturated heterocycles. The van der Waals surface area contributed by atoms with Gasteiger partial charge in [-0.2, -0.15) is 18.6 Å². The number of fused-ring (bicyclic) bond motifs is 1. The van der Waals surface area contributed by atoms with Gasteiger partial charge in [-0.1, -0.05) is 0 Å². The van der Waals surface area contributed by atoms with Gasteiger partial charge in [0.2, 0.25) is 10.0 Å². The minimum absolute atomic E-state index is 0.00572. The molecule has 236 valence electrons. The van der Waals surface area contributed by atoms with Crippen molar-refractivity contribution >= 4 is 65.3 Å². The lowest BCUT2D eigenvalue weighted by molar-refractivity contribution is 0.0693. The van der Waals surface area contributed by atoms with Gasteiger partial charge in [0, 0.05) is 17.1 Å². The molecule has 4 rings (SSSR count). The molecule has 6 N–H and O–H groups in total. The van der Waals surface area contributed by atoms with Gasteiger partial charge < -0.3 is 25.2 Å². The Kier molecular flexibility index (Phi) is 9.33. The SMILES string of the molecule is Cc1cc(N=Nc2c(S(=O)(=O)O)cc3cc(NS(C)(=O)=O)ccc3c2O)c(OCCO)cc1N=Nc1ccc(O)c(C(=O)O)c1. The summed E-state index contributed by atoms with van der Waals surface area (Å²) in [7, 11) is -8.65. The van der Waals surface area contributed by atoms with E-state index < -0.39 is 48.2 Å². The van der Waals surface area contributed by atoms with E-state index in [4.69, 9.17) is 4.74 Å². The number of anilines is 1. The molecule has 0 aliphatic heterocycles. The number of nitrogens with one attached hydrogen (secondary N) is 1. The highest BCUT2D eigenvalue weighted by atomic mass is 32.2. The maximum atomic E-state index is 12.3. The highest BCUT2D eigenvalue weighted by Crippen LogP contribution is 2.43. The van der Waals surface area contributed by atoms with Crippen molar-refractivity contribution in [1.82, 2.24) is 0 Å². The van der Waals surface area contributed by atoms with Crippen LogP contribution in [0.4, 0.5) is 28.4 Å². The van der Waals surface area contributed by atoms with Gasteiger partial charge in [-0.15, -0.1) is 10.2 Å². The third-order valence-corrected chi connectivity index (χ3v) is 7.47. The second kappa shape index (κ2) is 12.8. The number of rotatable bonds is 11. The lowest BCUT2D eigenvalue weighted by Gasteiger charge is -2.12. The zero-order chi connectivity index (χ0) is 33.1. The van der Waals surface area contributed by atoms with Gasteiger partial charge in [0.1, 0.15) is 39.9 Å². The van der Waals surface area contributed by atoms with Crippen molar-refractivity contribution in [2.24, 2.45) is 20.5 Å². The number of aliphatic hydroxyl groups is 1. The fourth-order valence-electron chi connectivity index (χ4n) is 4.01. The molecule has 0 fully saturated rings. The number of aliphatic hydroxyl groups excluding tert-OH is 1. The number of aryl methyl sites for hydroxylation is 1. The van der Waals surface area contributed by atoms with Gasteiger partial charge in [-0.3, -0.25) is 9.27 Å². The lowest BCUT2D eigenvalue weighted by Crippen LogP contribution is -2.09. The molecule has 0 amide bonds. The summed E-state index contributed by atoms with van der Waals surface area (Å²) in [6.07, 6.45) is 0.921. The zero-order valence-electron chi connectivity index (χ0n) is 23.4. The van der Waals surface area contributed by atoms with Gasteiger partial charge in [0.25, 0.3) is 10.1 Å². The first kappa shape index (κ1) is 32.7. The molecule has 18 heteroatoms. The summed E-state index contributed by atoms with van der Waals surface area (Å²) in [4.78, 5) is 10.5. The molecule has 0 atom stereocenters. The van der Waals surface area contributed by atoms with Crippen molar-refractivity contribution in [3.8, 4) is 17.2 Å². The van der Waals surface area contributed by atoms with E-state index in [1.807, 2.05) is 0 Å². The highest BCUT2D eigenvalue weighted by Gasteiger charge is 2.23. The smallest absolute Gasteiger partial charge is 0.339 e. The van der Waals surface area contributed by atoms with E-state index in [9.17, 15) is 46.6 Å². The van der Waals surface area contributed by atoms with Crippen molar-refractivity contribution in [1.29, 1.82) is 0 Å². The zero-order valence-corrected chi connectivity index (χ0v) is 25.0. The molecule has 0 aliphatic carbocycles. The number of nitrogens with zero attached hydrogens (tertiary/aromatic N) is 4. The highest BCUT2D eigenvalue weighted by molar-refractivity contribution is 7.92. The Balaban J connectivity index is 1.79. The van der Waals surface area contributed by atoms with E-state index in [0.29, 0.717) is 5.56 Å². The van der Waals surface area contributed by atoms with Crippen LogP contribution >= 0.6 is 0 Å². The monoisotopic (exact) mass is 659 g/mol. The average molecular weight is 660 g/mol. The van der Waals surface area contributed by atoms with E-state index in [1.54, 1.807) is 6.92 Å². The number of phenols is 2. The number of hydrogen-bond acceptors (Lipinski definition) is 13. The molecule has 0 saturated carbocycles. The number of ether oxygens (including phenoxy) is 1. The number of carboxylic acids is 1. The number of benzene rings is 4. The first-order valence-corrected chi connectivity index (χ1v) is 15.9. The lowest BCUT2D eigenvalue weighted by atomic mass is 10.1. The number of phenolic OH excluding ortho intramolecular Hbond substituents is 1. The Morgan fingerprint density at radius 3 is 2.27 bits per heavy atom. The first-order valence-electron chi connectivity index (χ1n) is 12.6. The Labute approximate surface area is 255 Å². The van der Waals surface area contributed by atoms with E-state index >= 15 is 0 Å². The second-order valence-corrected chi connectivity index (χ2v) is 12.6. The number of aromatic hydroxyl groups is 2. The second-order valence-electron chi connectivity index (χ2n) is 9.44. The predicted octanol–water partition coefficient (Wildman–Crippen LogP) is 5.08. The molecular weight excluding hydrogens is 634 g/mol. The summed E-state index contributed by atoms with van der Waals surface area (Å²) >= 11 is 0. The van der Waals surface area contributed by atoms with Crippen molar-refractivity contribution in [3.05, 3.63) is 65.7 Å². The fraction of sp³-hybridized carbons (Fsp3) is 0.148. The number of sulfonamides is 1. The van der Waals surface area contributed by atoms with Gasteiger partial charge in [0.05, 0.1) is 24.2 Å². The summed E-state index contributed by atoms with van der Waals surface area (Å²) in [5.41, 5.74) is -0.113. The Morgan fingerprint density at radius 1 is 0.911 bits per heavy atom. The summed E-state index contributed by atoms with van der Waals surface area (Å²) < 4.78 is 65.4. The van der Waals surface area contributed by atoms with Gasteiger partial charge in [-0.05, 0) is 66.4 Å². The Hall–Kier alpha value is -5.17. The number of carbonyl (C=O) groups is 1. The van der Waals surface area contributed by atoms with Crippen LogP contribution in [-0.4, -0.2) is 67.3 Å². The third kappa shape index (κ3) is 7.87. The topological polar surface area (TPSA) is 257 Å². The third-order valence-electron chi connectivity index (χ3n) is 6.00. The number of aromatic carboxylic acids is 1. The van der Waals surface area contributed by atoms with Crippen LogP contribution < -0.4 is 9.46 Å². The normalized spacial score (nSPS) is 12.3. The summed E-state index contributed by atoms with van der Waals surface area (Å²) in [6.45, 7) is 1.03. The summed E-state index contributed by atoms with van der Waals surface area (Å²) in [6, 6.07) is 11.3. The molecule has 0 aliphatic rings. The average Bonchev–Trinajstić information content (AvgIpc) is 2.94. The molecule has 4 aromatic carbocycles. The van der Waals surface area contributed by atoms with Crippen molar-refractivity contribution in [2.45, 2.75) is 11.8 Å².